The van der Waals surface area contributed by atoms with Crippen molar-refractivity contribution < 1.29 is 19.4 Å². The van der Waals surface area contributed by atoms with Crippen LogP contribution in [-0.4, -0.2) is 23.7 Å². The molecular formula is C13H15NO4. The van der Waals surface area contributed by atoms with E-state index in [0.717, 1.165) is 11.6 Å². The second-order valence-electron chi connectivity index (χ2n) is 3.52. The number of benzene rings is 1. The lowest BCUT2D eigenvalue weighted by Gasteiger charge is -2.05. The molecule has 0 aliphatic carbocycles. The minimum Gasteiger partial charge on any atom is -0.478 e. The van der Waals surface area contributed by atoms with Gasteiger partial charge in [-0.15, -0.1) is 0 Å². The highest BCUT2D eigenvalue weighted by molar-refractivity contribution is 5.79. The fourth-order valence-electron chi connectivity index (χ4n) is 1.22. The van der Waals surface area contributed by atoms with Crippen molar-refractivity contribution in [2.75, 3.05) is 6.54 Å². The summed E-state index contributed by atoms with van der Waals surface area (Å²) in [5.74, 6) is -0.998. The molecule has 18 heavy (non-hydrogen) atoms. The number of ether oxygens (including phenoxy) is 1. The smallest absolute Gasteiger partial charge is 0.407 e. The first-order valence-electron chi connectivity index (χ1n) is 5.52. The molecule has 0 radical (unpaired) electrons. The highest BCUT2D eigenvalue weighted by Crippen LogP contribution is 2.00. The molecule has 1 aromatic rings. The van der Waals surface area contributed by atoms with E-state index in [1.54, 1.807) is 0 Å². The van der Waals surface area contributed by atoms with Gasteiger partial charge in [0.25, 0.3) is 0 Å². The topological polar surface area (TPSA) is 75.6 Å². The second kappa shape index (κ2) is 7.89. The van der Waals surface area contributed by atoms with E-state index in [1.165, 1.54) is 6.08 Å². The van der Waals surface area contributed by atoms with Crippen LogP contribution in [0.25, 0.3) is 0 Å². The largest absolute Gasteiger partial charge is 0.478 e. The number of carboxylic acid groups (broad SMARTS) is 1. The summed E-state index contributed by atoms with van der Waals surface area (Å²) in [7, 11) is 0. The maximum atomic E-state index is 11.2. The van der Waals surface area contributed by atoms with E-state index < -0.39 is 12.1 Å². The maximum absolute atomic E-state index is 11.2. The number of carbonyl (C=O) groups is 2. The van der Waals surface area contributed by atoms with Crippen molar-refractivity contribution in [2.45, 2.75) is 13.0 Å². The summed E-state index contributed by atoms with van der Waals surface area (Å²) in [6.45, 7) is 0.565. The molecule has 2 N–H and O–H groups in total. The average molecular weight is 249 g/mol. The second-order valence-corrected chi connectivity index (χ2v) is 3.52. The molecule has 5 nitrogen and oxygen atoms in total. The van der Waals surface area contributed by atoms with Crippen molar-refractivity contribution in [3.8, 4) is 0 Å². The predicted octanol–water partition coefficient (Wildman–Crippen LogP) is 1.94. The van der Waals surface area contributed by atoms with E-state index in [1.807, 2.05) is 30.3 Å². The third-order valence-electron chi connectivity index (χ3n) is 2.05. The predicted molar refractivity (Wildman–Crippen MR) is 66.0 cm³/mol. The molecule has 1 aromatic carbocycles. The monoisotopic (exact) mass is 249 g/mol. The number of aliphatic carboxylic acids is 1. The number of carbonyl (C=O) groups excluding carboxylic acids is 1. The Balaban J connectivity index is 2.13. The summed E-state index contributed by atoms with van der Waals surface area (Å²) >= 11 is 0. The van der Waals surface area contributed by atoms with Crippen LogP contribution in [0.1, 0.15) is 12.0 Å². The minimum atomic E-state index is -0.998. The Morgan fingerprint density at radius 3 is 2.67 bits per heavy atom. The van der Waals surface area contributed by atoms with Gasteiger partial charge in [-0.3, -0.25) is 0 Å². The molecule has 0 fully saturated rings. The molecular weight excluding hydrogens is 234 g/mol. The highest BCUT2D eigenvalue weighted by Gasteiger charge is 2.00. The first kappa shape index (κ1) is 13.8. The Bertz CT molecular complexity index is 414. The van der Waals surface area contributed by atoms with Crippen LogP contribution >= 0.6 is 0 Å². The molecule has 1 rings (SSSR count). The van der Waals surface area contributed by atoms with Crippen LogP contribution in [0.2, 0.25) is 0 Å². The minimum absolute atomic E-state index is 0.220. The third-order valence-corrected chi connectivity index (χ3v) is 2.05. The zero-order valence-electron chi connectivity index (χ0n) is 9.83. The number of amides is 1. The van der Waals surface area contributed by atoms with E-state index in [9.17, 15) is 9.59 Å². The number of carboxylic acids is 1. The lowest BCUT2D eigenvalue weighted by molar-refractivity contribution is -0.131. The number of rotatable bonds is 6. The van der Waals surface area contributed by atoms with Gasteiger partial charge in [0, 0.05) is 12.6 Å². The summed E-state index contributed by atoms with van der Waals surface area (Å²) < 4.78 is 4.97. The van der Waals surface area contributed by atoms with Gasteiger partial charge >= 0.3 is 12.1 Å². The van der Waals surface area contributed by atoms with Crippen LogP contribution < -0.4 is 5.32 Å². The van der Waals surface area contributed by atoms with Crippen LogP contribution in [0.15, 0.2) is 42.5 Å². The van der Waals surface area contributed by atoms with Crippen molar-refractivity contribution >= 4 is 12.1 Å². The van der Waals surface area contributed by atoms with Crippen molar-refractivity contribution in [3.63, 3.8) is 0 Å². The summed E-state index contributed by atoms with van der Waals surface area (Å²) in [5, 5.41) is 10.9. The Labute approximate surface area is 105 Å². The van der Waals surface area contributed by atoms with E-state index >= 15 is 0 Å². The molecule has 0 unspecified atom stereocenters. The molecule has 0 atom stereocenters. The molecule has 1 amide bonds. The normalized spacial score (nSPS) is 10.2. The van der Waals surface area contributed by atoms with Crippen LogP contribution in [0.4, 0.5) is 4.79 Å². The SMILES string of the molecule is O=C(O)/C=C/CCNC(=O)OCc1ccccc1. The molecule has 0 aliphatic rings. The van der Waals surface area contributed by atoms with Crippen LogP contribution in [-0.2, 0) is 16.1 Å². The molecule has 0 bridgehead atoms. The molecule has 0 saturated carbocycles. The van der Waals surface area contributed by atoms with Gasteiger partial charge in [0.2, 0.25) is 0 Å². The summed E-state index contributed by atoms with van der Waals surface area (Å²) in [6.07, 6.45) is 2.45. The lowest BCUT2D eigenvalue weighted by Crippen LogP contribution is -2.24. The van der Waals surface area contributed by atoms with Crippen molar-refractivity contribution in [1.29, 1.82) is 0 Å². The number of alkyl carbamates (subject to hydrolysis) is 1. The van der Waals surface area contributed by atoms with Gasteiger partial charge in [-0.2, -0.15) is 0 Å². The Hall–Kier alpha value is -2.30. The van der Waals surface area contributed by atoms with Gasteiger partial charge in [-0.25, -0.2) is 9.59 Å². The molecule has 0 heterocycles. The summed E-state index contributed by atoms with van der Waals surface area (Å²) in [6, 6.07) is 9.35. The molecule has 0 aromatic heterocycles. The standard InChI is InChI=1S/C13H15NO4/c15-12(16)8-4-5-9-14-13(17)18-10-11-6-2-1-3-7-11/h1-4,6-8H,5,9-10H2,(H,14,17)(H,15,16)/b8-4+. The van der Waals surface area contributed by atoms with Gasteiger partial charge in [-0.1, -0.05) is 36.4 Å². The molecule has 0 spiro atoms. The summed E-state index contributed by atoms with van der Waals surface area (Å²) in [5.41, 5.74) is 0.915. The Kier molecular flexibility index (Phi) is 6.03. The van der Waals surface area contributed by atoms with Crippen molar-refractivity contribution in [3.05, 3.63) is 48.0 Å². The van der Waals surface area contributed by atoms with Crippen molar-refractivity contribution in [2.24, 2.45) is 0 Å². The zero-order chi connectivity index (χ0) is 13.2. The number of nitrogens with one attached hydrogen (secondary N) is 1. The van der Waals surface area contributed by atoms with E-state index in [4.69, 9.17) is 9.84 Å². The van der Waals surface area contributed by atoms with Gasteiger partial charge in [0.15, 0.2) is 0 Å². The quantitative estimate of drug-likeness (QED) is 0.596. The van der Waals surface area contributed by atoms with Crippen molar-refractivity contribution in [1.82, 2.24) is 5.32 Å². The Morgan fingerprint density at radius 2 is 2.00 bits per heavy atom. The van der Waals surface area contributed by atoms with Gasteiger partial charge < -0.3 is 15.2 Å². The zero-order valence-corrected chi connectivity index (χ0v) is 9.83. The Morgan fingerprint density at radius 1 is 1.28 bits per heavy atom. The molecule has 96 valence electrons. The molecule has 0 aliphatic heterocycles. The van der Waals surface area contributed by atoms with Gasteiger partial charge in [-0.05, 0) is 12.0 Å². The van der Waals surface area contributed by atoms with Crippen LogP contribution in [0.3, 0.4) is 0 Å². The first-order chi connectivity index (χ1) is 8.68. The van der Waals surface area contributed by atoms with E-state index in [-0.39, 0.29) is 6.61 Å². The fraction of sp³-hybridized carbons (Fsp3) is 0.231. The average Bonchev–Trinajstić information content (AvgIpc) is 2.37. The lowest BCUT2D eigenvalue weighted by atomic mass is 10.2. The number of hydrogen-bond donors (Lipinski definition) is 2. The first-order valence-corrected chi connectivity index (χ1v) is 5.52. The molecule has 5 heteroatoms. The fourth-order valence-corrected chi connectivity index (χ4v) is 1.22. The molecule has 0 saturated heterocycles. The van der Waals surface area contributed by atoms with Crippen LogP contribution in [0, 0.1) is 0 Å². The third kappa shape index (κ3) is 6.32. The summed E-state index contributed by atoms with van der Waals surface area (Å²) in [4.78, 5) is 21.4. The van der Waals surface area contributed by atoms with Crippen LogP contribution in [0.5, 0.6) is 0 Å². The van der Waals surface area contributed by atoms with Gasteiger partial charge in [0.05, 0.1) is 0 Å². The number of hydrogen-bond acceptors (Lipinski definition) is 3. The van der Waals surface area contributed by atoms with E-state index in [0.29, 0.717) is 13.0 Å². The van der Waals surface area contributed by atoms with E-state index in [2.05, 4.69) is 5.32 Å². The highest BCUT2D eigenvalue weighted by atomic mass is 16.5. The maximum Gasteiger partial charge on any atom is 0.407 e. The van der Waals surface area contributed by atoms with Gasteiger partial charge in [0.1, 0.15) is 6.61 Å².